The lowest BCUT2D eigenvalue weighted by atomic mass is 9.92. The van der Waals surface area contributed by atoms with E-state index >= 15 is 0 Å². The molecule has 0 radical (unpaired) electrons. The molecular formula is C23H22ClFN4O2. The van der Waals surface area contributed by atoms with E-state index in [2.05, 4.69) is 20.1 Å². The second-order valence-corrected chi connectivity index (χ2v) is 8.39. The SMILES string of the molecule is O=C(Nc1ccc(Cl)cc1)C1(N2CCN(c3ccnc4ccc(F)cc34)CC2)COC1. The first-order valence-electron chi connectivity index (χ1n) is 10.2. The Morgan fingerprint density at radius 3 is 2.48 bits per heavy atom. The number of benzene rings is 2. The highest BCUT2D eigenvalue weighted by Crippen LogP contribution is 2.31. The summed E-state index contributed by atoms with van der Waals surface area (Å²) in [5.41, 5.74) is 1.78. The second kappa shape index (κ2) is 8.07. The lowest BCUT2D eigenvalue weighted by Gasteiger charge is -2.51. The van der Waals surface area contributed by atoms with Crippen LogP contribution in [0.5, 0.6) is 0 Å². The standard InChI is InChI=1S/C23H22ClFN4O2/c24-16-1-4-18(5-2-16)27-22(30)23(14-31-15-23)29-11-9-28(10-12-29)21-7-8-26-20-6-3-17(25)13-19(20)21/h1-8,13H,9-12,14-15H2,(H,27,30). The molecule has 1 N–H and O–H groups in total. The lowest BCUT2D eigenvalue weighted by molar-refractivity contribution is -0.166. The van der Waals surface area contributed by atoms with Crippen LogP contribution in [-0.2, 0) is 9.53 Å². The third-order valence-electron chi connectivity index (χ3n) is 6.11. The number of carbonyl (C=O) groups excluding carboxylic acids is 1. The van der Waals surface area contributed by atoms with E-state index in [1.165, 1.54) is 12.1 Å². The number of pyridine rings is 1. The Kier molecular flexibility index (Phi) is 5.25. The fourth-order valence-corrected chi connectivity index (χ4v) is 4.41. The molecule has 2 aliphatic rings. The highest BCUT2D eigenvalue weighted by molar-refractivity contribution is 6.30. The number of rotatable bonds is 4. The van der Waals surface area contributed by atoms with Crippen LogP contribution in [-0.4, -0.2) is 60.7 Å². The maximum Gasteiger partial charge on any atom is 0.249 e. The smallest absolute Gasteiger partial charge is 0.249 e. The summed E-state index contributed by atoms with van der Waals surface area (Å²) in [4.78, 5) is 21.9. The number of hydrogen-bond acceptors (Lipinski definition) is 5. The van der Waals surface area contributed by atoms with Crippen molar-refractivity contribution >= 4 is 39.8 Å². The van der Waals surface area contributed by atoms with Crippen molar-refractivity contribution in [3.63, 3.8) is 0 Å². The van der Waals surface area contributed by atoms with E-state index in [9.17, 15) is 9.18 Å². The van der Waals surface area contributed by atoms with Gasteiger partial charge in [0.15, 0.2) is 0 Å². The molecule has 0 saturated carbocycles. The number of amides is 1. The maximum atomic E-state index is 13.8. The zero-order chi connectivity index (χ0) is 21.4. The van der Waals surface area contributed by atoms with Gasteiger partial charge in [-0.05, 0) is 48.5 Å². The molecule has 0 unspecified atom stereocenters. The number of piperazine rings is 1. The first kappa shape index (κ1) is 20.2. The second-order valence-electron chi connectivity index (χ2n) is 7.95. The van der Waals surface area contributed by atoms with Gasteiger partial charge in [-0.25, -0.2) is 4.39 Å². The number of fused-ring (bicyclic) bond motifs is 1. The van der Waals surface area contributed by atoms with Gasteiger partial charge in [0.1, 0.15) is 11.4 Å². The predicted octanol–water partition coefficient (Wildman–Crippen LogP) is 3.56. The number of anilines is 2. The molecule has 31 heavy (non-hydrogen) atoms. The van der Waals surface area contributed by atoms with E-state index in [1.807, 2.05) is 6.07 Å². The summed E-state index contributed by atoms with van der Waals surface area (Å²) < 4.78 is 19.3. The monoisotopic (exact) mass is 440 g/mol. The van der Waals surface area contributed by atoms with Gasteiger partial charge in [-0.2, -0.15) is 0 Å². The van der Waals surface area contributed by atoms with Crippen LogP contribution < -0.4 is 10.2 Å². The molecule has 2 saturated heterocycles. The summed E-state index contributed by atoms with van der Waals surface area (Å²) in [7, 11) is 0. The highest BCUT2D eigenvalue weighted by Gasteiger charge is 2.51. The quantitative estimate of drug-likeness (QED) is 0.672. The highest BCUT2D eigenvalue weighted by atomic mass is 35.5. The third kappa shape index (κ3) is 3.73. The molecule has 3 heterocycles. The summed E-state index contributed by atoms with van der Waals surface area (Å²) in [6.07, 6.45) is 1.75. The van der Waals surface area contributed by atoms with Gasteiger partial charge in [0.25, 0.3) is 0 Å². The van der Waals surface area contributed by atoms with E-state index in [4.69, 9.17) is 16.3 Å². The number of halogens is 2. The number of carbonyl (C=O) groups is 1. The number of nitrogens with one attached hydrogen (secondary N) is 1. The third-order valence-corrected chi connectivity index (χ3v) is 6.36. The van der Waals surface area contributed by atoms with E-state index < -0.39 is 5.54 Å². The van der Waals surface area contributed by atoms with E-state index in [1.54, 1.807) is 36.5 Å². The molecule has 2 aliphatic heterocycles. The average Bonchev–Trinajstić information content (AvgIpc) is 2.75. The van der Waals surface area contributed by atoms with Crippen LogP contribution in [0.15, 0.2) is 54.7 Å². The lowest BCUT2D eigenvalue weighted by Crippen LogP contribution is -2.71. The molecule has 0 aliphatic carbocycles. The van der Waals surface area contributed by atoms with Crippen molar-refractivity contribution in [1.29, 1.82) is 0 Å². The normalized spacial score (nSPS) is 18.6. The molecule has 1 amide bonds. The summed E-state index contributed by atoms with van der Waals surface area (Å²) in [5.74, 6) is -0.337. The van der Waals surface area contributed by atoms with Gasteiger partial charge in [0, 0.05) is 54.2 Å². The van der Waals surface area contributed by atoms with Gasteiger partial charge in [-0.3, -0.25) is 14.7 Å². The van der Waals surface area contributed by atoms with Crippen LogP contribution in [0.2, 0.25) is 5.02 Å². The molecule has 2 fully saturated rings. The molecule has 8 heteroatoms. The summed E-state index contributed by atoms with van der Waals surface area (Å²) in [6, 6.07) is 13.7. The Hall–Kier alpha value is -2.74. The molecule has 1 aromatic heterocycles. The van der Waals surface area contributed by atoms with Crippen molar-refractivity contribution in [1.82, 2.24) is 9.88 Å². The van der Waals surface area contributed by atoms with Crippen molar-refractivity contribution in [2.45, 2.75) is 5.54 Å². The minimum Gasteiger partial charge on any atom is -0.376 e. The Balaban J connectivity index is 1.31. The van der Waals surface area contributed by atoms with Crippen molar-refractivity contribution in [2.24, 2.45) is 0 Å². The van der Waals surface area contributed by atoms with Crippen LogP contribution in [0.1, 0.15) is 0 Å². The van der Waals surface area contributed by atoms with Gasteiger partial charge in [0.05, 0.1) is 18.7 Å². The minimum atomic E-state index is -0.669. The fourth-order valence-electron chi connectivity index (χ4n) is 4.29. The van der Waals surface area contributed by atoms with Gasteiger partial charge in [-0.15, -0.1) is 0 Å². The number of nitrogens with zero attached hydrogens (tertiary/aromatic N) is 3. The summed E-state index contributed by atoms with van der Waals surface area (Å²) in [6.45, 7) is 3.61. The first-order chi connectivity index (χ1) is 15.0. The maximum absolute atomic E-state index is 13.8. The molecule has 160 valence electrons. The molecule has 2 aromatic carbocycles. The first-order valence-corrected chi connectivity index (χ1v) is 10.6. The van der Waals surface area contributed by atoms with E-state index in [0.717, 1.165) is 29.7 Å². The fraction of sp³-hybridized carbons (Fsp3) is 0.304. The average molecular weight is 441 g/mol. The zero-order valence-electron chi connectivity index (χ0n) is 16.9. The molecular weight excluding hydrogens is 419 g/mol. The van der Waals surface area contributed by atoms with E-state index in [0.29, 0.717) is 37.0 Å². The molecule has 0 atom stereocenters. The zero-order valence-corrected chi connectivity index (χ0v) is 17.6. The molecule has 3 aromatic rings. The topological polar surface area (TPSA) is 57.7 Å². The van der Waals surface area contributed by atoms with Crippen molar-refractivity contribution < 1.29 is 13.9 Å². The Morgan fingerprint density at radius 1 is 1.06 bits per heavy atom. The molecule has 6 nitrogen and oxygen atoms in total. The van der Waals surface area contributed by atoms with Gasteiger partial charge in [0.2, 0.25) is 5.91 Å². The van der Waals surface area contributed by atoms with Crippen molar-refractivity contribution in [3.05, 3.63) is 65.6 Å². The summed E-state index contributed by atoms with van der Waals surface area (Å²) in [5, 5.41) is 4.43. The van der Waals surface area contributed by atoms with Crippen LogP contribution in [0, 0.1) is 5.82 Å². The van der Waals surface area contributed by atoms with Crippen molar-refractivity contribution in [3.8, 4) is 0 Å². The Bertz CT molecular complexity index is 1110. The van der Waals surface area contributed by atoms with Gasteiger partial charge < -0.3 is 15.0 Å². The van der Waals surface area contributed by atoms with Gasteiger partial charge in [-0.1, -0.05) is 11.6 Å². The number of ether oxygens (including phenoxy) is 1. The van der Waals surface area contributed by atoms with Crippen LogP contribution in [0.25, 0.3) is 10.9 Å². The van der Waals surface area contributed by atoms with Crippen LogP contribution in [0.4, 0.5) is 15.8 Å². The largest absolute Gasteiger partial charge is 0.376 e. The minimum absolute atomic E-state index is 0.0639. The number of hydrogen-bond donors (Lipinski definition) is 1. The van der Waals surface area contributed by atoms with Crippen LogP contribution in [0.3, 0.4) is 0 Å². The molecule has 0 bridgehead atoms. The van der Waals surface area contributed by atoms with Crippen LogP contribution >= 0.6 is 11.6 Å². The summed E-state index contributed by atoms with van der Waals surface area (Å²) >= 11 is 5.94. The van der Waals surface area contributed by atoms with Crippen molar-refractivity contribution in [2.75, 3.05) is 49.6 Å². The number of aromatic nitrogens is 1. The Labute approximate surface area is 184 Å². The molecule has 0 spiro atoms. The van der Waals surface area contributed by atoms with E-state index in [-0.39, 0.29) is 11.7 Å². The molecule has 5 rings (SSSR count). The predicted molar refractivity (Wildman–Crippen MR) is 119 cm³/mol. The Morgan fingerprint density at radius 2 is 1.81 bits per heavy atom. The van der Waals surface area contributed by atoms with Gasteiger partial charge >= 0.3 is 0 Å².